The monoisotopic (exact) mass is 277 g/mol. The molecule has 0 aromatic heterocycles. The summed E-state index contributed by atoms with van der Waals surface area (Å²) in [4.78, 5) is 2.44. The Hall–Kier alpha value is -1.59. The van der Waals surface area contributed by atoms with E-state index in [1.807, 2.05) is 18.2 Å². The van der Waals surface area contributed by atoms with Crippen LogP contribution in [0.15, 0.2) is 29.4 Å². The molecule has 1 aliphatic rings. The number of nitrogens with zero attached hydrogens (tertiary/aromatic N) is 2. The highest BCUT2D eigenvalue weighted by atomic mass is 16.5. The van der Waals surface area contributed by atoms with Gasteiger partial charge in [0, 0.05) is 25.8 Å². The minimum atomic E-state index is 0.158. The van der Waals surface area contributed by atoms with E-state index in [4.69, 9.17) is 15.7 Å². The van der Waals surface area contributed by atoms with Crippen molar-refractivity contribution < 1.29 is 9.94 Å². The zero-order chi connectivity index (χ0) is 14.4. The van der Waals surface area contributed by atoms with E-state index in [-0.39, 0.29) is 5.84 Å². The van der Waals surface area contributed by atoms with Gasteiger partial charge < -0.3 is 15.7 Å². The van der Waals surface area contributed by atoms with E-state index < -0.39 is 0 Å². The Bertz CT molecular complexity index is 454. The number of piperidine rings is 1. The van der Waals surface area contributed by atoms with E-state index in [2.05, 4.69) is 16.1 Å². The summed E-state index contributed by atoms with van der Waals surface area (Å²) < 4.78 is 5.22. The predicted octanol–water partition coefficient (Wildman–Crippen LogP) is 1.64. The molecule has 1 heterocycles. The lowest BCUT2D eigenvalue weighted by atomic mass is 9.97. The molecule has 0 amide bonds. The number of nitrogens with two attached hydrogens (primary N) is 1. The average Bonchev–Trinajstić information content (AvgIpc) is 2.49. The SMILES string of the molecule is COCC1CCN(Cc2cccc(C(N)=NO)c2)CC1. The summed E-state index contributed by atoms with van der Waals surface area (Å²) >= 11 is 0. The molecule has 1 aliphatic heterocycles. The third-order valence-corrected chi connectivity index (χ3v) is 3.85. The van der Waals surface area contributed by atoms with Gasteiger partial charge >= 0.3 is 0 Å². The number of hydrogen-bond donors (Lipinski definition) is 2. The van der Waals surface area contributed by atoms with Crippen molar-refractivity contribution in [2.75, 3.05) is 26.8 Å². The second-order valence-electron chi connectivity index (χ2n) is 5.36. The molecule has 1 saturated heterocycles. The topological polar surface area (TPSA) is 71.1 Å². The van der Waals surface area contributed by atoms with E-state index >= 15 is 0 Å². The van der Waals surface area contributed by atoms with Gasteiger partial charge in [0.2, 0.25) is 0 Å². The largest absolute Gasteiger partial charge is 0.409 e. The van der Waals surface area contributed by atoms with Crippen LogP contribution in [0.5, 0.6) is 0 Å². The van der Waals surface area contributed by atoms with E-state index in [1.54, 1.807) is 7.11 Å². The Labute approximate surface area is 120 Å². The standard InChI is InChI=1S/C15H23N3O2/c1-20-11-12-5-7-18(8-6-12)10-13-3-2-4-14(9-13)15(16)17-19/h2-4,9,12,19H,5-8,10-11H2,1H3,(H2,16,17). The third-order valence-electron chi connectivity index (χ3n) is 3.85. The zero-order valence-electron chi connectivity index (χ0n) is 12.0. The van der Waals surface area contributed by atoms with Crippen LogP contribution < -0.4 is 5.73 Å². The first kappa shape index (κ1) is 14.8. The quantitative estimate of drug-likeness (QED) is 0.371. The Morgan fingerprint density at radius 1 is 1.45 bits per heavy atom. The second kappa shape index (κ2) is 7.26. The van der Waals surface area contributed by atoms with Crippen molar-refractivity contribution in [1.82, 2.24) is 4.90 Å². The first-order valence-electron chi connectivity index (χ1n) is 7.01. The highest BCUT2D eigenvalue weighted by Gasteiger charge is 2.19. The number of amidine groups is 1. The summed E-state index contributed by atoms with van der Waals surface area (Å²) in [6.07, 6.45) is 2.38. The van der Waals surface area contributed by atoms with Crippen LogP contribution in [-0.2, 0) is 11.3 Å². The number of ether oxygens (including phenoxy) is 1. The molecule has 0 aliphatic carbocycles. The normalized spacial score (nSPS) is 18.4. The van der Waals surface area contributed by atoms with Gasteiger partial charge in [-0.1, -0.05) is 23.4 Å². The van der Waals surface area contributed by atoms with Crippen LogP contribution in [0.4, 0.5) is 0 Å². The Kier molecular flexibility index (Phi) is 5.38. The molecule has 110 valence electrons. The molecule has 0 bridgehead atoms. The van der Waals surface area contributed by atoms with E-state index in [0.29, 0.717) is 5.92 Å². The van der Waals surface area contributed by atoms with Crippen molar-refractivity contribution in [3.8, 4) is 0 Å². The Balaban J connectivity index is 1.91. The minimum absolute atomic E-state index is 0.158. The lowest BCUT2D eigenvalue weighted by Gasteiger charge is -2.31. The van der Waals surface area contributed by atoms with Gasteiger partial charge in [-0.3, -0.25) is 4.90 Å². The second-order valence-corrected chi connectivity index (χ2v) is 5.36. The molecule has 0 saturated carbocycles. The fraction of sp³-hybridized carbons (Fsp3) is 0.533. The van der Waals surface area contributed by atoms with Gasteiger partial charge in [0.1, 0.15) is 0 Å². The number of rotatable bonds is 5. The number of methoxy groups -OCH3 is 1. The summed E-state index contributed by atoms with van der Waals surface area (Å²) in [5.41, 5.74) is 7.58. The Morgan fingerprint density at radius 3 is 2.85 bits per heavy atom. The number of benzene rings is 1. The van der Waals surface area contributed by atoms with Gasteiger partial charge in [-0.15, -0.1) is 0 Å². The molecule has 5 heteroatoms. The summed E-state index contributed by atoms with van der Waals surface area (Å²) in [5, 5.41) is 11.8. The van der Waals surface area contributed by atoms with Crippen molar-refractivity contribution >= 4 is 5.84 Å². The number of hydrogen-bond acceptors (Lipinski definition) is 4. The summed E-state index contributed by atoms with van der Waals surface area (Å²) in [5.74, 6) is 0.852. The third kappa shape index (κ3) is 3.95. The van der Waals surface area contributed by atoms with Crippen LogP contribution in [0.2, 0.25) is 0 Å². The lowest BCUT2D eigenvalue weighted by molar-refractivity contribution is 0.0968. The average molecular weight is 277 g/mol. The van der Waals surface area contributed by atoms with Gasteiger partial charge in [0.15, 0.2) is 5.84 Å². The zero-order valence-corrected chi connectivity index (χ0v) is 12.0. The maximum atomic E-state index is 8.72. The molecule has 20 heavy (non-hydrogen) atoms. The van der Waals surface area contributed by atoms with Crippen LogP contribution >= 0.6 is 0 Å². The minimum Gasteiger partial charge on any atom is -0.409 e. The van der Waals surface area contributed by atoms with Crippen molar-refractivity contribution in [2.45, 2.75) is 19.4 Å². The maximum Gasteiger partial charge on any atom is 0.170 e. The van der Waals surface area contributed by atoms with E-state index in [0.717, 1.165) is 31.8 Å². The van der Waals surface area contributed by atoms with Crippen LogP contribution in [0.25, 0.3) is 0 Å². The van der Waals surface area contributed by atoms with Gasteiger partial charge in [0.25, 0.3) is 0 Å². The summed E-state index contributed by atoms with van der Waals surface area (Å²) in [6, 6.07) is 7.86. The highest BCUT2D eigenvalue weighted by Crippen LogP contribution is 2.19. The molecule has 0 radical (unpaired) electrons. The van der Waals surface area contributed by atoms with Gasteiger partial charge in [0.05, 0.1) is 0 Å². The molecule has 1 aromatic rings. The van der Waals surface area contributed by atoms with Gasteiger partial charge in [-0.25, -0.2) is 0 Å². The van der Waals surface area contributed by atoms with Crippen molar-refractivity contribution in [2.24, 2.45) is 16.8 Å². The van der Waals surface area contributed by atoms with Crippen LogP contribution in [0.1, 0.15) is 24.0 Å². The molecule has 0 atom stereocenters. The Morgan fingerprint density at radius 2 is 2.20 bits per heavy atom. The molecular weight excluding hydrogens is 254 g/mol. The van der Waals surface area contributed by atoms with Crippen LogP contribution in [0.3, 0.4) is 0 Å². The molecule has 0 unspecified atom stereocenters. The molecule has 5 nitrogen and oxygen atoms in total. The number of oxime groups is 1. The molecule has 3 N–H and O–H groups in total. The first-order chi connectivity index (χ1) is 9.72. The lowest BCUT2D eigenvalue weighted by Crippen LogP contribution is -2.34. The van der Waals surface area contributed by atoms with Crippen LogP contribution in [-0.4, -0.2) is 42.7 Å². The predicted molar refractivity (Wildman–Crippen MR) is 78.8 cm³/mol. The molecule has 1 fully saturated rings. The van der Waals surface area contributed by atoms with Crippen molar-refractivity contribution in [1.29, 1.82) is 0 Å². The van der Waals surface area contributed by atoms with Gasteiger partial charge in [-0.2, -0.15) is 0 Å². The molecular formula is C15H23N3O2. The maximum absolute atomic E-state index is 8.72. The highest BCUT2D eigenvalue weighted by molar-refractivity contribution is 5.97. The number of likely N-dealkylation sites (tertiary alicyclic amines) is 1. The van der Waals surface area contributed by atoms with Crippen molar-refractivity contribution in [3.63, 3.8) is 0 Å². The molecule has 2 rings (SSSR count). The van der Waals surface area contributed by atoms with E-state index in [1.165, 1.54) is 18.4 Å². The fourth-order valence-electron chi connectivity index (χ4n) is 2.69. The van der Waals surface area contributed by atoms with Crippen molar-refractivity contribution in [3.05, 3.63) is 35.4 Å². The van der Waals surface area contributed by atoms with Crippen LogP contribution in [0, 0.1) is 5.92 Å². The smallest absolute Gasteiger partial charge is 0.170 e. The first-order valence-corrected chi connectivity index (χ1v) is 7.01. The summed E-state index contributed by atoms with van der Waals surface area (Å²) in [7, 11) is 1.77. The molecule has 1 aromatic carbocycles. The fourth-order valence-corrected chi connectivity index (χ4v) is 2.69. The molecule has 0 spiro atoms. The van der Waals surface area contributed by atoms with E-state index in [9.17, 15) is 0 Å². The van der Waals surface area contributed by atoms with Gasteiger partial charge in [-0.05, 0) is 43.5 Å². The summed E-state index contributed by atoms with van der Waals surface area (Å²) in [6.45, 7) is 3.97.